The second kappa shape index (κ2) is 16.6. The van der Waals surface area contributed by atoms with Crippen molar-refractivity contribution in [1.82, 2.24) is 19.6 Å². The van der Waals surface area contributed by atoms with Crippen molar-refractivity contribution in [2.45, 2.75) is 65.8 Å². The Morgan fingerprint density at radius 2 is 1.27 bits per heavy atom. The molecule has 0 aliphatic carbocycles. The fourth-order valence-electron chi connectivity index (χ4n) is 3.19. The van der Waals surface area contributed by atoms with Crippen molar-refractivity contribution in [3.63, 3.8) is 0 Å². The van der Waals surface area contributed by atoms with E-state index in [-0.39, 0.29) is 0 Å². The van der Waals surface area contributed by atoms with Gasteiger partial charge in [0.1, 0.15) is 6.54 Å². The van der Waals surface area contributed by atoms with E-state index in [1.165, 1.54) is 51.6 Å². The van der Waals surface area contributed by atoms with Gasteiger partial charge in [0.2, 0.25) is 0 Å². The predicted molar refractivity (Wildman–Crippen MR) is 128 cm³/mol. The van der Waals surface area contributed by atoms with Crippen molar-refractivity contribution in [2.24, 2.45) is 0 Å². The highest BCUT2D eigenvalue weighted by Gasteiger charge is 2.06. The molecule has 3 rings (SSSR count). The minimum atomic E-state index is 1.05. The van der Waals surface area contributed by atoms with Gasteiger partial charge in [0.05, 0.1) is 13.3 Å². The third-order valence-electron chi connectivity index (χ3n) is 5.13. The van der Waals surface area contributed by atoms with Crippen LogP contribution in [-0.4, -0.2) is 60.1 Å². The maximum absolute atomic E-state index is 2.34. The predicted octanol–water partition coefficient (Wildman–Crippen LogP) is 4.70. The van der Waals surface area contributed by atoms with Crippen molar-refractivity contribution in [1.29, 1.82) is 0 Å². The van der Waals surface area contributed by atoms with Crippen molar-refractivity contribution in [3.05, 3.63) is 55.4 Å². The SMILES string of the molecule is CCCCCC[n+]1ccccc1.CCCCN1C=CN(C)C1.CCN1C=CN(C)C1. The van der Waals surface area contributed by atoms with E-state index in [1.807, 2.05) is 0 Å². The number of rotatable bonds is 9. The molecule has 1 aromatic heterocycles. The third-order valence-corrected chi connectivity index (χ3v) is 5.13. The maximum Gasteiger partial charge on any atom is 0.168 e. The van der Waals surface area contributed by atoms with E-state index in [0.29, 0.717) is 0 Å². The standard InChI is InChI=1S/C11H18N.C8H16N2.C6H12N2/c1-2-3-4-6-9-12-10-7-5-8-11-12;1-3-4-5-10-7-6-9(2)8-10;1-3-8-5-4-7(2)6-8/h5,7-8,10-11H,2-4,6,9H2,1H3;6-7H,3-5,8H2,1-2H3;4-5H,3,6H2,1-2H3/q+1;;. The first-order chi connectivity index (χ1) is 14.6. The van der Waals surface area contributed by atoms with E-state index in [1.54, 1.807) is 0 Å². The lowest BCUT2D eigenvalue weighted by atomic mass is 10.2. The molecule has 5 nitrogen and oxygen atoms in total. The smallest absolute Gasteiger partial charge is 0.168 e. The van der Waals surface area contributed by atoms with Crippen molar-refractivity contribution >= 4 is 0 Å². The number of nitrogens with zero attached hydrogens (tertiary/aromatic N) is 5. The van der Waals surface area contributed by atoms with E-state index in [9.17, 15) is 0 Å². The Hall–Kier alpha value is -2.17. The number of unbranched alkanes of at least 4 members (excludes halogenated alkanes) is 4. The van der Waals surface area contributed by atoms with Crippen LogP contribution in [0.3, 0.4) is 0 Å². The summed E-state index contributed by atoms with van der Waals surface area (Å²) >= 11 is 0. The Morgan fingerprint density at radius 1 is 0.667 bits per heavy atom. The highest BCUT2D eigenvalue weighted by Crippen LogP contribution is 2.04. The van der Waals surface area contributed by atoms with Crippen molar-refractivity contribution < 1.29 is 4.57 Å². The molecule has 2 aliphatic rings. The monoisotopic (exact) mass is 416 g/mol. The molecule has 0 spiro atoms. The molecule has 5 heteroatoms. The van der Waals surface area contributed by atoms with Crippen molar-refractivity contribution in [3.8, 4) is 0 Å². The zero-order valence-corrected chi connectivity index (χ0v) is 20.2. The van der Waals surface area contributed by atoms with Gasteiger partial charge in [0.25, 0.3) is 0 Å². The van der Waals surface area contributed by atoms with E-state index in [0.717, 1.165) is 19.9 Å². The molecule has 3 heterocycles. The number of aryl methyl sites for hydroxylation is 1. The van der Waals surface area contributed by atoms with Crippen LogP contribution in [0, 0.1) is 0 Å². The summed E-state index contributed by atoms with van der Waals surface area (Å²) in [6.07, 6.45) is 20.7. The average Bonchev–Trinajstić information content (AvgIpc) is 3.39. The van der Waals surface area contributed by atoms with Gasteiger partial charge in [-0.25, -0.2) is 4.57 Å². The third kappa shape index (κ3) is 12.4. The summed E-state index contributed by atoms with van der Waals surface area (Å²) in [6.45, 7) is 12.2. The number of pyridine rings is 1. The van der Waals surface area contributed by atoms with Gasteiger partial charge in [-0.1, -0.05) is 39.2 Å². The van der Waals surface area contributed by atoms with Gasteiger partial charge in [0, 0.05) is 70.5 Å². The lowest BCUT2D eigenvalue weighted by molar-refractivity contribution is -0.697. The lowest BCUT2D eigenvalue weighted by Gasteiger charge is -2.17. The first kappa shape index (κ1) is 25.9. The van der Waals surface area contributed by atoms with Crippen molar-refractivity contribution in [2.75, 3.05) is 40.5 Å². The average molecular weight is 417 g/mol. The minimum absolute atomic E-state index is 1.05. The summed E-state index contributed by atoms with van der Waals surface area (Å²) in [5, 5.41) is 0. The van der Waals surface area contributed by atoms with Gasteiger partial charge in [-0.3, -0.25) is 0 Å². The number of hydrogen-bond donors (Lipinski definition) is 0. The summed E-state index contributed by atoms with van der Waals surface area (Å²) in [6, 6.07) is 6.22. The van der Waals surface area contributed by atoms with Gasteiger partial charge in [-0.05, 0) is 19.8 Å². The molecule has 170 valence electrons. The van der Waals surface area contributed by atoms with Crippen LogP contribution < -0.4 is 4.57 Å². The van der Waals surface area contributed by atoms with E-state index in [2.05, 4.69) is 114 Å². The summed E-state index contributed by atoms with van der Waals surface area (Å²) in [5.41, 5.74) is 0. The summed E-state index contributed by atoms with van der Waals surface area (Å²) in [5.74, 6) is 0. The first-order valence-corrected chi connectivity index (χ1v) is 11.8. The van der Waals surface area contributed by atoms with Gasteiger partial charge in [0.15, 0.2) is 12.4 Å². The van der Waals surface area contributed by atoms with E-state index >= 15 is 0 Å². The Labute approximate surface area is 186 Å². The highest BCUT2D eigenvalue weighted by molar-refractivity contribution is 4.88. The molecule has 0 saturated heterocycles. The van der Waals surface area contributed by atoms with Crippen LogP contribution in [0.5, 0.6) is 0 Å². The molecule has 0 unspecified atom stereocenters. The second-order valence-corrected chi connectivity index (χ2v) is 8.14. The molecule has 2 aliphatic heterocycles. The fraction of sp³-hybridized carbons (Fsp3) is 0.640. The van der Waals surface area contributed by atoms with Crippen LogP contribution >= 0.6 is 0 Å². The zero-order valence-electron chi connectivity index (χ0n) is 20.2. The van der Waals surface area contributed by atoms with Crippen LogP contribution in [-0.2, 0) is 6.54 Å². The van der Waals surface area contributed by atoms with Gasteiger partial charge in [-0.2, -0.15) is 0 Å². The number of hydrogen-bond acceptors (Lipinski definition) is 4. The molecular formula is C25H46N5+. The Bertz CT molecular complexity index is 572. The fourth-order valence-corrected chi connectivity index (χ4v) is 3.19. The molecule has 1 aromatic rings. The molecule has 0 fully saturated rings. The molecule has 0 amide bonds. The molecular weight excluding hydrogens is 370 g/mol. The van der Waals surface area contributed by atoms with Gasteiger partial charge >= 0.3 is 0 Å². The highest BCUT2D eigenvalue weighted by atomic mass is 15.3. The van der Waals surface area contributed by atoms with Crippen LogP contribution in [0.4, 0.5) is 0 Å². The Balaban J connectivity index is 0.000000230. The Morgan fingerprint density at radius 3 is 1.73 bits per heavy atom. The topological polar surface area (TPSA) is 16.8 Å². The molecule has 0 aromatic carbocycles. The normalized spacial score (nSPS) is 14.6. The van der Waals surface area contributed by atoms with Gasteiger partial charge < -0.3 is 19.6 Å². The minimum Gasteiger partial charge on any atom is -0.362 e. The summed E-state index contributed by atoms with van der Waals surface area (Å²) in [4.78, 5) is 8.93. The molecule has 0 bridgehead atoms. The Kier molecular flexibility index (Phi) is 14.3. The first-order valence-electron chi connectivity index (χ1n) is 11.8. The molecule has 0 saturated carbocycles. The molecule has 0 radical (unpaired) electrons. The zero-order chi connectivity index (χ0) is 22.0. The summed E-state index contributed by atoms with van der Waals surface area (Å²) in [7, 11) is 4.18. The molecule has 30 heavy (non-hydrogen) atoms. The molecule has 0 N–H and O–H groups in total. The van der Waals surface area contributed by atoms with Gasteiger partial charge in [-0.15, -0.1) is 0 Å². The van der Waals surface area contributed by atoms with Crippen LogP contribution in [0.15, 0.2) is 55.4 Å². The summed E-state index contributed by atoms with van der Waals surface area (Å²) < 4.78 is 2.25. The second-order valence-electron chi connectivity index (χ2n) is 8.14. The quantitative estimate of drug-likeness (QED) is 0.428. The van der Waals surface area contributed by atoms with Crippen LogP contribution in [0.1, 0.15) is 59.3 Å². The molecule has 0 atom stereocenters. The van der Waals surface area contributed by atoms with E-state index < -0.39 is 0 Å². The van der Waals surface area contributed by atoms with Crippen LogP contribution in [0.2, 0.25) is 0 Å². The maximum atomic E-state index is 2.34. The van der Waals surface area contributed by atoms with E-state index in [4.69, 9.17) is 0 Å². The number of aromatic nitrogens is 1. The lowest BCUT2D eigenvalue weighted by Crippen LogP contribution is -2.32. The van der Waals surface area contributed by atoms with Crippen LogP contribution in [0.25, 0.3) is 0 Å². The largest absolute Gasteiger partial charge is 0.362 e.